The predicted molar refractivity (Wildman–Crippen MR) is 100 cm³/mol. The Bertz CT molecular complexity index is 1030. The van der Waals surface area contributed by atoms with Gasteiger partial charge in [0, 0.05) is 22.1 Å². The summed E-state index contributed by atoms with van der Waals surface area (Å²) in [7, 11) is 0. The molecule has 1 aromatic heterocycles. The third kappa shape index (κ3) is 3.66. The van der Waals surface area contributed by atoms with Crippen molar-refractivity contribution in [3.63, 3.8) is 0 Å². The molecule has 0 radical (unpaired) electrons. The van der Waals surface area contributed by atoms with Crippen molar-refractivity contribution >= 4 is 33.9 Å². The van der Waals surface area contributed by atoms with E-state index in [-0.39, 0.29) is 0 Å². The van der Waals surface area contributed by atoms with E-state index in [1.807, 2.05) is 24.3 Å². The normalized spacial score (nSPS) is 14.9. The van der Waals surface area contributed by atoms with Crippen molar-refractivity contribution in [3.8, 4) is 11.3 Å². The van der Waals surface area contributed by atoms with Crippen LogP contribution >= 0.6 is 11.6 Å². The molecule has 6 nitrogen and oxygen atoms in total. The predicted octanol–water partition coefficient (Wildman–Crippen LogP) is 4.81. The second kappa shape index (κ2) is 7.04. The van der Waals surface area contributed by atoms with E-state index in [0.29, 0.717) is 22.8 Å². The summed E-state index contributed by atoms with van der Waals surface area (Å²) < 4.78 is 10.8. The van der Waals surface area contributed by atoms with Gasteiger partial charge in [0.05, 0.1) is 0 Å². The van der Waals surface area contributed by atoms with E-state index in [1.54, 1.807) is 18.2 Å². The number of rotatable bonds is 6. The Kier molecular flexibility index (Phi) is 4.58. The first kappa shape index (κ1) is 17.5. The fourth-order valence-electron chi connectivity index (χ4n) is 3.28. The molecule has 1 saturated carbocycles. The summed E-state index contributed by atoms with van der Waals surface area (Å²) in [6, 6.07) is 12.5. The number of hydrogen-bond donors (Lipinski definition) is 1. The zero-order chi connectivity index (χ0) is 19.0. The van der Waals surface area contributed by atoms with Gasteiger partial charge in [0.25, 0.3) is 5.24 Å². The summed E-state index contributed by atoms with van der Waals surface area (Å²) in [5.41, 5.74) is 8.33. The van der Waals surface area contributed by atoms with Gasteiger partial charge in [0.2, 0.25) is 0 Å². The molecule has 1 atom stereocenters. The number of fused-ring (bicyclic) bond motifs is 1. The molecular formula is C20H17ClN2O4. The molecule has 2 aromatic carbocycles. The molecule has 27 heavy (non-hydrogen) atoms. The van der Waals surface area contributed by atoms with Crippen LogP contribution in [0.5, 0.6) is 0 Å². The highest BCUT2D eigenvalue weighted by Gasteiger charge is 2.30. The molecule has 0 bridgehead atoms. The van der Waals surface area contributed by atoms with Gasteiger partial charge in [-0.05, 0) is 42.1 Å². The van der Waals surface area contributed by atoms with Crippen molar-refractivity contribution in [2.75, 3.05) is 0 Å². The zero-order valence-corrected chi connectivity index (χ0v) is 15.1. The largest absolute Gasteiger partial charge is 0.441 e. The smallest absolute Gasteiger partial charge is 0.405 e. The van der Waals surface area contributed by atoms with Gasteiger partial charge in [-0.25, -0.2) is 4.79 Å². The number of hydrogen-bond acceptors (Lipinski definition) is 5. The molecule has 3 aromatic rings. The molecule has 1 unspecified atom stereocenters. The van der Waals surface area contributed by atoms with E-state index in [2.05, 4.69) is 5.16 Å². The Morgan fingerprint density at radius 1 is 1.26 bits per heavy atom. The molecule has 4 rings (SSSR count). The number of benzene rings is 2. The number of ether oxygens (including phenoxy) is 1. The number of carbonyl (C=O) groups is 2. The third-order valence-electron chi connectivity index (χ3n) is 4.76. The third-order valence-corrected chi connectivity index (χ3v) is 4.98. The van der Waals surface area contributed by atoms with Crippen molar-refractivity contribution in [1.29, 1.82) is 0 Å². The van der Waals surface area contributed by atoms with Crippen molar-refractivity contribution in [2.45, 2.75) is 25.4 Å². The SMILES string of the molecule is NC(=O)OC(CC1CC1)c1ccccc1-c1noc2cc(C(=O)Cl)ccc12. The Hall–Kier alpha value is -2.86. The van der Waals surface area contributed by atoms with Gasteiger partial charge in [-0.15, -0.1) is 0 Å². The van der Waals surface area contributed by atoms with Gasteiger partial charge in [-0.3, -0.25) is 4.79 Å². The summed E-state index contributed by atoms with van der Waals surface area (Å²) in [5, 5.41) is 4.37. The topological polar surface area (TPSA) is 95.4 Å². The number of aromatic nitrogens is 1. The maximum atomic E-state index is 11.4. The van der Waals surface area contributed by atoms with E-state index in [1.165, 1.54) is 0 Å². The van der Waals surface area contributed by atoms with Gasteiger partial charge in [-0.2, -0.15) is 0 Å². The molecule has 1 aliphatic rings. The van der Waals surface area contributed by atoms with Crippen LogP contribution in [0.15, 0.2) is 47.0 Å². The lowest BCUT2D eigenvalue weighted by atomic mass is 9.95. The quantitative estimate of drug-likeness (QED) is 0.615. The fraction of sp³-hybridized carbons (Fsp3) is 0.250. The Labute approximate surface area is 160 Å². The number of primary amides is 1. The second-order valence-corrected chi connectivity index (χ2v) is 7.05. The van der Waals surface area contributed by atoms with E-state index in [0.717, 1.165) is 35.8 Å². The maximum Gasteiger partial charge on any atom is 0.405 e. The molecule has 7 heteroatoms. The minimum Gasteiger partial charge on any atom is -0.441 e. The molecule has 1 heterocycles. The van der Waals surface area contributed by atoms with Gasteiger partial charge in [0.1, 0.15) is 11.8 Å². The first-order chi connectivity index (χ1) is 13.0. The van der Waals surface area contributed by atoms with E-state index in [9.17, 15) is 9.59 Å². The Morgan fingerprint density at radius 3 is 2.74 bits per heavy atom. The van der Waals surface area contributed by atoms with Gasteiger partial charge >= 0.3 is 6.09 Å². The second-order valence-electron chi connectivity index (χ2n) is 6.71. The zero-order valence-electron chi connectivity index (χ0n) is 14.4. The number of carbonyl (C=O) groups excluding carboxylic acids is 2. The molecule has 2 N–H and O–H groups in total. The van der Waals surface area contributed by atoms with Gasteiger partial charge in [-0.1, -0.05) is 42.3 Å². The Balaban J connectivity index is 1.79. The molecule has 0 aliphatic heterocycles. The minimum absolute atomic E-state index is 0.337. The van der Waals surface area contributed by atoms with Crippen LogP contribution in [0.3, 0.4) is 0 Å². The van der Waals surface area contributed by atoms with Crippen LogP contribution < -0.4 is 5.73 Å². The summed E-state index contributed by atoms with van der Waals surface area (Å²) >= 11 is 5.54. The average Bonchev–Trinajstić information content (AvgIpc) is 3.36. The molecule has 1 aliphatic carbocycles. The maximum absolute atomic E-state index is 11.4. The van der Waals surface area contributed by atoms with Crippen molar-refractivity contribution < 1.29 is 18.8 Å². The van der Waals surface area contributed by atoms with Crippen LogP contribution in [-0.4, -0.2) is 16.5 Å². The summed E-state index contributed by atoms with van der Waals surface area (Å²) in [6.45, 7) is 0. The number of nitrogens with two attached hydrogens (primary N) is 1. The number of nitrogens with zero attached hydrogens (tertiary/aromatic N) is 1. The molecular weight excluding hydrogens is 368 g/mol. The van der Waals surface area contributed by atoms with E-state index in [4.69, 9.17) is 26.6 Å². The van der Waals surface area contributed by atoms with Crippen molar-refractivity contribution in [2.24, 2.45) is 11.7 Å². The van der Waals surface area contributed by atoms with Crippen molar-refractivity contribution in [1.82, 2.24) is 5.16 Å². The van der Waals surface area contributed by atoms with Crippen LogP contribution in [-0.2, 0) is 4.74 Å². The summed E-state index contributed by atoms with van der Waals surface area (Å²) in [4.78, 5) is 22.8. The molecule has 0 saturated heterocycles. The van der Waals surface area contributed by atoms with Gasteiger partial charge in [0.15, 0.2) is 5.58 Å². The van der Waals surface area contributed by atoms with Crippen LogP contribution in [0.25, 0.3) is 22.2 Å². The van der Waals surface area contributed by atoms with E-state index < -0.39 is 17.4 Å². The van der Waals surface area contributed by atoms with E-state index >= 15 is 0 Å². The minimum atomic E-state index is -0.800. The summed E-state index contributed by atoms with van der Waals surface area (Å²) in [6.07, 6.45) is 1.74. The Morgan fingerprint density at radius 2 is 2.04 bits per heavy atom. The lowest BCUT2D eigenvalue weighted by Crippen LogP contribution is -2.18. The van der Waals surface area contributed by atoms with Crippen LogP contribution in [0.4, 0.5) is 4.79 Å². The highest BCUT2D eigenvalue weighted by molar-refractivity contribution is 6.67. The first-order valence-electron chi connectivity index (χ1n) is 8.67. The molecule has 1 fully saturated rings. The fourth-order valence-corrected chi connectivity index (χ4v) is 3.40. The number of halogens is 1. The average molecular weight is 385 g/mol. The van der Waals surface area contributed by atoms with Gasteiger partial charge < -0.3 is 15.0 Å². The molecule has 0 spiro atoms. The van der Waals surface area contributed by atoms with Crippen LogP contribution in [0.2, 0.25) is 0 Å². The lowest BCUT2D eigenvalue weighted by molar-refractivity contribution is 0.0980. The van der Waals surface area contributed by atoms with Crippen molar-refractivity contribution in [3.05, 3.63) is 53.6 Å². The standard InChI is InChI=1S/C20H17ClN2O4/c21-19(24)12-7-8-15-17(10-12)27-23-18(15)14-4-2-1-3-13(14)16(26-20(22)25)9-11-5-6-11/h1-4,7-8,10-11,16H,5-6,9H2,(H2,22,25). The van der Waals surface area contributed by atoms with Crippen LogP contribution in [0, 0.1) is 5.92 Å². The number of amides is 1. The molecule has 138 valence electrons. The lowest BCUT2D eigenvalue weighted by Gasteiger charge is -2.19. The first-order valence-corrected chi connectivity index (χ1v) is 9.05. The highest BCUT2D eigenvalue weighted by atomic mass is 35.5. The highest BCUT2D eigenvalue weighted by Crippen LogP contribution is 2.42. The van der Waals surface area contributed by atoms with Crippen LogP contribution in [0.1, 0.15) is 41.3 Å². The monoisotopic (exact) mass is 384 g/mol. The summed E-state index contributed by atoms with van der Waals surface area (Å²) in [5.74, 6) is 0.536. The molecule has 1 amide bonds.